The molecule has 1 aromatic carbocycles. The van der Waals surface area contributed by atoms with Crippen LogP contribution in [0.2, 0.25) is 0 Å². The van der Waals surface area contributed by atoms with E-state index in [1.54, 1.807) is 24.7 Å². The molecule has 0 saturated heterocycles. The van der Waals surface area contributed by atoms with Gasteiger partial charge in [-0.1, -0.05) is 0 Å². The van der Waals surface area contributed by atoms with Gasteiger partial charge in [0.25, 0.3) is 0 Å². The van der Waals surface area contributed by atoms with E-state index in [4.69, 9.17) is 0 Å². The van der Waals surface area contributed by atoms with Gasteiger partial charge in [-0.15, -0.1) is 10.2 Å². The van der Waals surface area contributed by atoms with Crippen molar-refractivity contribution in [2.45, 2.75) is 25.8 Å². The minimum atomic E-state index is -0.200. The van der Waals surface area contributed by atoms with E-state index in [0.717, 1.165) is 35.7 Å². The summed E-state index contributed by atoms with van der Waals surface area (Å²) in [5.74, 6) is 1.57. The van der Waals surface area contributed by atoms with E-state index >= 15 is 0 Å². The quantitative estimate of drug-likeness (QED) is 0.725. The molecule has 3 aromatic rings. The molecule has 1 aliphatic rings. The maximum atomic E-state index is 13.4. The predicted molar refractivity (Wildman–Crippen MR) is 74.8 cm³/mol. The lowest BCUT2D eigenvalue weighted by molar-refractivity contribution is 0.579. The number of aromatic nitrogens is 5. The van der Waals surface area contributed by atoms with Gasteiger partial charge in [-0.2, -0.15) is 0 Å². The number of benzene rings is 1. The molecule has 0 aliphatic carbocycles. The molecule has 106 valence electrons. The summed E-state index contributed by atoms with van der Waals surface area (Å²) < 4.78 is 17.5. The van der Waals surface area contributed by atoms with Crippen molar-refractivity contribution in [2.75, 3.05) is 0 Å². The Hall–Kier alpha value is -2.50. The molecule has 5 nitrogen and oxygen atoms in total. The SMILES string of the molecule is CC(c1nnc2n1-c1ccc(F)cc1CC2)n1ccnc1. The molecule has 4 rings (SSSR count). The summed E-state index contributed by atoms with van der Waals surface area (Å²) in [5, 5.41) is 8.64. The normalized spacial score (nSPS) is 14.6. The van der Waals surface area contributed by atoms with Crippen LogP contribution in [0.5, 0.6) is 0 Å². The standard InChI is InChI=1S/C15H14FN5/c1-10(20-7-6-17-9-20)15-19-18-14-5-2-11-8-12(16)3-4-13(11)21(14)15/h3-4,6-10H,2,5H2,1H3. The number of halogens is 1. The number of nitrogens with zero attached hydrogens (tertiary/aromatic N) is 5. The maximum Gasteiger partial charge on any atom is 0.160 e. The van der Waals surface area contributed by atoms with Crippen LogP contribution in [0.15, 0.2) is 36.9 Å². The molecule has 3 heterocycles. The Morgan fingerprint density at radius 1 is 1.24 bits per heavy atom. The fraction of sp³-hybridized carbons (Fsp3) is 0.267. The van der Waals surface area contributed by atoms with E-state index in [0.29, 0.717) is 0 Å². The van der Waals surface area contributed by atoms with Gasteiger partial charge in [0.05, 0.1) is 18.1 Å². The van der Waals surface area contributed by atoms with Crippen molar-refractivity contribution in [1.82, 2.24) is 24.3 Å². The van der Waals surface area contributed by atoms with Crippen LogP contribution in [-0.4, -0.2) is 24.3 Å². The van der Waals surface area contributed by atoms with E-state index in [2.05, 4.69) is 22.1 Å². The molecule has 0 radical (unpaired) electrons. The highest BCUT2D eigenvalue weighted by atomic mass is 19.1. The van der Waals surface area contributed by atoms with Crippen molar-refractivity contribution in [3.8, 4) is 5.69 Å². The molecule has 0 amide bonds. The second kappa shape index (κ2) is 4.51. The van der Waals surface area contributed by atoms with Crippen LogP contribution in [0.3, 0.4) is 0 Å². The Balaban J connectivity index is 1.87. The first-order valence-electron chi connectivity index (χ1n) is 6.94. The van der Waals surface area contributed by atoms with E-state index < -0.39 is 0 Å². The van der Waals surface area contributed by atoms with E-state index in [1.807, 2.05) is 15.3 Å². The van der Waals surface area contributed by atoms with Crippen LogP contribution >= 0.6 is 0 Å². The topological polar surface area (TPSA) is 48.5 Å². The molecule has 0 N–H and O–H groups in total. The average Bonchev–Trinajstić information content (AvgIpc) is 3.15. The number of hydrogen-bond donors (Lipinski definition) is 0. The van der Waals surface area contributed by atoms with E-state index in [1.165, 1.54) is 6.07 Å². The molecule has 1 atom stereocenters. The van der Waals surface area contributed by atoms with Crippen LogP contribution < -0.4 is 0 Å². The minimum absolute atomic E-state index is 0.0183. The molecule has 21 heavy (non-hydrogen) atoms. The molecule has 0 bridgehead atoms. The molecule has 1 aliphatic heterocycles. The van der Waals surface area contributed by atoms with Crippen molar-refractivity contribution >= 4 is 0 Å². The van der Waals surface area contributed by atoms with Crippen molar-refractivity contribution in [1.29, 1.82) is 0 Å². The molecule has 0 fully saturated rings. The zero-order valence-electron chi connectivity index (χ0n) is 11.6. The Morgan fingerprint density at radius 2 is 2.14 bits per heavy atom. The molecule has 0 saturated carbocycles. The Morgan fingerprint density at radius 3 is 2.95 bits per heavy atom. The fourth-order valence-electron chi connectivity index (χ4n) is 2.88. The van der Waals surface area contributed by atoms with Crippen molar-refractivity contribution in [3.05, 3.63) is 59.9 Å². The second-order valence-corrected chi connectivity index (χ2v) is 5.27. The van der Waals surface area contributed by atoms with Gasteiger partial charge < -0.3 is 4.57 Å². The van der Waals surface area contributed by atoms with Gasteiger partial charge in [-0.25, -0.2) is 9.37 Å². The van der Waals surface area contributed by atoms with Crippen LogP contribution in [0.25, 0.3) is 5.69 Å². The lowest BCUT2D eigenvalue weighted by atomic mass is 10.0. The molecular formula is C15H14FN5. The third-order valence-electron chi connectivity index (χ3n) is 4.00. The van der Waals surface area contributed by atoms with Crippen molar-refractivity contribution < 1.29 is 4.39 Å². The summed E-state index contributed by atoms with van der Waals surface area (Å²) >= 11 is 0. The monoisotopic (exact) mass is 283 g/mol. The van der Waals surface area contributed by atoms with Crippen LogP contribution in [0.1, 0.15) is 30.2 Å². The fourth-order valence-corrected chi connectivity index (χ4v) is 2.88. The smallest absolute Gasteiger partial charge is 0.160 e. The third kappa shape index (κ3) is 1.86. The Labute approximate surface area is 121 Å². The maximum absolute atomic E-state index is 13.4. The molecule has 0 spiro atoms. The van der Waals surface area contributed by atoms with Gasteiger partial charge >= 0.3 is 0 Å². The van der Waals surface area contributed by atoms with Crippen LogP contribution in [0, 0.1) is 5.82 Å². The molecule has 1 unspecified atom stereocenters. The summed E-state index contributed by atoms with van der Waals surface area (Å²) in [6.45, 7) is 2.05. The van der Waals surface area contributed by atoms with Gasteiger partial charge in [-0.05, 0) is 37.1 Å². The van der Waals surface area contributed by atoms with Gasteiger partial charge in [0.2, 0.25) is 0 Å². The largest absolute Gasteiger partial charge is 0.327 e. The van der Waals surface area contributed by atoms with E-state index in [9.17, 15) is 4.39 Å². The van der Waals surface area contributed by atoms with E-state index in [-0.39, 0.29) is 11.9 Å². The molecule has 2 aromatic heterocycles. The van der Waals surface area contributed by atoms with Gasteiger partial charge in [0.1, 0.15) is 11.6 Å². The van der Waals surface area contributed by atoms with Gasteiger partial charge in [0, 0.05) is 18.8 Å². The first-order valence-corrected chi connectivity index (χ1v) is 6.94. The van der Waals surface area contributed by atoms with Crippen LogP contribution in [-0.2, 0) is 12.8 Å². The number of imidazole rings is 1. The molecular weight excluding hydrogens is 269 g/mol. The van der Waals surface area contributed by atoms with Gasteiger partial charge in [-0.3, -0.25) is 4.57 Å². The highest BCUT2D eigenvalue weighted by Gasteiger charge is 2.24. The lowest BCUT2D eigenvalue weighted by Gasteiger charge is -2.21. The second-order valence-electron chi connectivity index (χ2n) is 5.27. The van der Waals surface area contributed by atoms with Crippen molar-refractivity contribution in [3.63, 3.8) is 0 Å². The predicted octanol–water partition coefficient (Wildman–Crippen LogP) is 2.31. The van der Waals surface area contributed by atoms with Crippen LogP contribution in [0.4, 0.5) is 4.39 Å². The highest BCUT2D eigenvalue weighted by Crippen LogP contribution is 2.28. The Bertz CT molecular complexity index is 791. The lowest BCUT2D eigenvalue weighted by Crippen LogP contribution is -2.18. The summed E-state index contributed by atoms with van der Waals surface area (Å²) in [7, 11) is 0. The summed E-state index contributed by atoms with van der Waals surface area (Å²) in [6, 6.07) is 4.91. The average molecular weight is 283 g/mol. The first kappa shape index (κ1) is 12.3. The zero-order chi connectivity index (χ0) is 14.4. The summed E-state index contributed by atoms with van der Waals surface area (Å²) in [5.41, 5.74) is 1.98. The number of aryl methyl sites for hydroxylation is 2. The molecule has 6 heteroatoms. The Kier molecular flexibility index (Phi) is 2.63. The minimum Gasteiger partial charge on any atom is -0.327 e. The summed E-state index contributed by atoms with van der Waals surface area (Å²) in [6.07, 6.45) is 6.99. The zero-order valence-corrected chi connectivity index (χ0v) is 11.6. The highest BCUT2D eigenvalue weighted by molar-refractivity contribution is 5.46. The summed E-state index contributed by atoms with van der Waals surface area (Å²) in [4.78, 5) is 4.08. The first-order chi connectivity index (χ1) is 10.2. The van der Waals surface area contributed by atoms with Gasteiger partial charge in [0.15, 0.2) is 5.82 Å². The number of rotatable bonds is 2. The number of fused-ring (bicyclic) bond motifs is 3. The van der Waals surface area contributed by atoms with Crippen molar-refractivity contribution in [2.24, 2.45) is 0 Å². The number of hydrogen-bond acceptors (Lipinski definition) is 3. The third-order valence-corrected chi connectivity index (χ3v) is 4.00.